The number of nitrogens with two attached hydrogens (primary N) is 1. The molecule has 4 N–H and O–H groups in total. The summed E-state index contributed by atoms with van der Waals surface area (Å²) in [6, 6.07) is 0.290. The number of ether oxygens (including phenoxy) is 1. The van der Waals surface area contributed by atoms with Gasteiger partial charge in [0.05, 0.1) is 12.7 Å². The molecule has 4 heteroatoms. The number of hydrogen-bond acceptors (Lipinski definition) is 4. The van der Waals surface area contributed by atoms with Crippen molar-refractivity contribution in [2.24, 2.45) is 16.6 Å². The summed E-state index contributed by atoms with van der Waals surface area (Å²) in [5, 5.41) is 13.7. The maximum atomic E-state index is 10.2. The van der Waals surface area contributed by atoms with Crippen molar-refractivity contribution in [2.45, 2.75) is 162 Å². The lowest BCUT2D eigenvalue weighted by Gasteiger charge is -2.46. The van der Waals surface area contributed by atoms with Crippen LogP contribution >= 0.6 is 0 Å². The maximum absolute atomic E-state index is 10.2. The summed E-state index contributed by atoms with van der Waals surface area (Å²) < 4.78 is 5.72. The number of aliphatic hydroxyl groups is 1. The van der Waals surface area contributed by atoms with Gasteiger partial charge in [0, 0.05) is 25.7 Å². The minimum absolute atomic E-state index is 0.218. The average molecular weight is 497 g/mol. The number of nitrogens with one attached hydrogen (secondary N) is 1. The fourth-order valence-corrected chi connectivity index (χ4v) is 6.42. The molecule has 1 aliphatic carbocycles. The molecule has 0 bridgehead atoms. The Morgan fingerprint density at radius 1 is 0.800 bits per heavy atom. The van der Waals surface area contributed by atoms with E-state index in [1.807, 2.05) is 0 Å². The minimum Gasteiger partial charge on any atom is -0.389 e. The molecule has 0 aromatic carbocycles. The van der Waals surface area contributed by atoms with Crippen LogP contribution in [0.2, 0.25) is 0 Å². The molecule has 4 nitrogen and oxygen atoms in total. The van der Waals surface area contributed by atoms with E-state index in [-0.39, 0.29) is 5.41 Å². The van der Waals surface area contributed by atoms with Crippen LogP contribution in [-0.4, -0.2) is 43.6 Å². The van der Waals surface area contributed by atoms with Crippen LogP contribution in [0, 0.1) is 10.8 Å². The molecule has 210 valence electrons. The van der Waals surface area contributed by atoms with Gasteiger partial charge in [-0.05, 0) is 36.5 Å². The quantitative estimate of drug-likeness (QED) is 0.126. The molecular weight excluding hydrogens is 432 g/mol. The molecule has 0 heterocycles. The molecule has 3 atom stereocenters. The predicted octanol–water partition coefficient (Wildman–Crippen LogP) is 7.76. The molecule has 0 aromatic heterocycles. The molecule has 0 aromatic rings. The van der Waals surface area contributed by atoms with Gasteiger partial charge < -0.3 is 20.9 Å². The Kier molecular flexibility index (Phi) is 18.7. The Morgan fingerprint density at radius 2 is 1.29 bits per heavy atom. The molecule has 0 spiro atoms. The lowest BCUT2D eigenvalue weighted by Crippen LogP contribution is -2.47. The van der Waals surface area contributed by atoms with Gasteiger partial charge in [0.1, 0.15) is 0 Å². The SMILES string of the molecule is CCCCCCCCCCCCCCCCCCOCC(O)CNCC1(C)CC(N)CC(C)(C)C1. The molecule has 3 unspecified atom stereocenters. The molecule has 1 aliphatic rings. The first-order valence-corrected chi connectivity index (χ1v) is 15.5. The first kappa shape index (κ1) is 32.9. The normalized spacial score (nSPS) is 23.0. The van der Waals surface area contributed by atoms with Crippen LogP contribution in [0.25, 0.3) is 0 Å². The van der Waals surface area contributed by atoms with E-state index < -0.39 is 6.10 Å². The van der Waals surface area contributed by atoms with Crippen molar-refractivity contribution in [1.82, 2.24) is 5.32 Å². The second-order valence-electron chi connectivity index (χ2n) is 13.0. The third-order valence-electron chi connectivity index (χ3n) is 7.86. The van der Waals surface area contributed by atoms with Gasteiger partial charge in [-0.25, -0.2) is 0 Å². The van der Waals surface area contributed by atoms with Gasteiger partial charge in [-0.3, -0.25) is 0 Å². The van der Waals surface area contributed by atoms with Gasteiger partial charge in [-0.15, -0.1) is 0 Å². The first-order chi connectivity index (χ1) is 16.8. The molecule has 0 saturated heterocycles. The summed E-state index contributed by atoms with van der Waals surface area (Å²) in [7, 11) is 0. The van der Waals surface area contributed by atoms with Gasteiger partial charge in [-0.1, -0.05) is 124 Å². The molecule has 1 fully saturated rings. The summed E-state index contributed by atoms with van der Waals surface area (Å²) in [6.07, 6.45) is 25.1. The fourth-order valence-electron chi connectivity index (χ4n) is 6.42. The van der Waals surface area contributed by atoms with E-state index in [0.29, 0.717) is 24.6 Å². The smallest absolute Gasteiger partial charge is 0.0897 e. The molecule has 35 heavy (non-hydrogen) atoms. The highest BCUT2D eigenvalue weighted by atomic mass is 16.5. The number of aliphatic hydroxyl groups excluding tert-OH is 1. The Hall–Kier alpha value is -0.160. The lowest BCUT2D eigenvalue weighted by molar-refractivity contribution is 0.0305. The van der Waals surface area contributed by atoms with Crippen LogP contribution < -0.4 is 11.1 Å². The van der Waals surface area contributed by atoms with E-state index in [2.05, 4.69) is 33.0 Å². The van der Waals surface area contributed by atoms with Crippen molar-refractivity contribution < 1.29 is 9.84 Å². The van der Waals surface area contributed by atoms with E-state index >= 15 is 0 Å². The Bertz CT molecular complexity index is 485. The van der Waals surface area contributed by atoms with Crippen molar-refractivity contribution in [2.75, 3.05) is 26.3 Å². The molecule has 1 saturated carbocycles. The minimum atomic E-state index is -0.426. The Labute approximate surface area is 219 Å². The third kappa shape index (κ3) is 18.7. The lowest BCUT2D eigenvalue weighted by atomic mass is 9.63. The van der Waals surface area contributed by atoms with Crippen LogP contribution in [0.4, 0.5) is 0 Å². The largest absolute Gasteiger partial charge is 0.389 e. The molecule has 1 rings (SSSR count). The standard InChI is InChI=1S/C31H64N2O2/c1-5-6-7-8-9-10-11-12-13-14-15-16-17-18-19-20-21-35-25-29(34)24-33-27-31(4)23-28(32)22-30(2,3)26-31/h28-29,33-34H,5-27,32H2,1-4H3. The van der Waals surface area contributed by atoms with Gasteiger partial charge >= 0.3 is 0 Å². The zero-order valence-electron chi connectivity index (χ0n) is 24.4. The van der Waals surface area contributed by atoms with E-state index in [1.165, 1.54) is 103 Å². The van der Waals surface area contributed by atoms with Crippen LogP contribution in [0.3, 0.4) is 0 Å². The molecular formula is C31H64N2O2. The monoisotopic (exact) mass is 496 g/mol. The topological polar surface area (TPSA) is 67.5 Å². The van der Waals surface area contributed by atoms with Crippen molar-refractivity contribution in [1.29, 1.82) is 0 Å². The molecule has 0 aliphatic heterocycles. The second-order valence-corrected chi connectivity index (χ2v) is 13.0. The van der Waals surface area contributed by atoms with E-state index in [9.17, 15) is 5.11 Å². The van der Waals surface area contributed by atoms with E-state index in [0.717, 1.165) is 32.4 Å². The Balaban J connectivity index is 1.83. The second kappa shape index (κ2) is 19.9. The summed E-state index contributed by atoms with van der Waals surface area (Å²) in [5.74, 6) is 0. The van der Waals surface area contributed by atoms with Crippen molar-refractivity contribution in [3.8, 4) is 0 Å². The van der Waals surface area contributed by atoms with Crippen LogP contribution in [0.15, 0.2) is 0 Å². The Morgan fingerprint density at radius 3 is 1.77 bits per heavy atom. The van der Waals surface area contributed by atoms with Crippen LogP contribution in [0.5, 0.6) is 0 Å². The van der Waals surface area contributed by atoms with Crippen molar-refractivity contribution in [3.05, 3.63) is 0 Å². The molecule has 0 radical (unpaired) electrons. The third-order valence-corrected chi connectivity index (χ3v) is 7.86. The van der Waals surface area contributed by atoms with Gasteiger partial charge in [0.25, 0.3) is 0 Å². The zero-order valence-corrected chi connectivity index (χ0v) is 24.4. The van der Waals surface area contributed by atoms with Gasteiger partial charge in [0.15, 0.2) is 0 Å². The maximum Gasteiger partial charge on any atom is 0.0897 e. The predicted molar refractivity (Wildman–Crippen MR) is 153 cm³/mol. The number of rotatable bonds is 23. The van der Waals surface area contributed by atoms with Crippen molar-refractivity contribution in [3.63, 3.8) is 0 Å². The molecule has 0 amide bonds. The highest BCUT2D eigenvalue weighted by molar-refractivity contribution is 4.94. The van der Waals surface area contributed by atoms with E-state index in [4.69, 9.17) is 10.5 Å². The summed E-state index contributed by atoms with van der Waals surface area (Å²) >= 11 is 0. The highest BCUT2D eigenvalue weighted by Crippen LogP contribution is 2.45. The summed E-state index contributed by atoms with van der Waals surface area (Å²) in [5.41, 5.74) is 6.83. The van der Waals surface area contributed by atoms with Gasteiger partial charge in [-0.2, -0.15) is 0 Å². The first-order valence-electron chi connectivity index (χ1n) is 15.5. The van der Waals surface area contributed by atoms with Crippen molar-refractivity contribution >= 4 is 0 Å². The summed E-state index contributed by atoms with van der Waals surface area (Å²) in [4.78, 5) is 0. The fraction of sp³-hybridized carbons (Fsp3) is 1.00. The number of hydrogen-bond donors (Lipinski definition) is 3. The van der Waals surface area contributed by atoms with Crippen LogP contribution in [-0.2, 0) is 4.74 Å². The average Bonchev–Trinajstić information content (AvgIpc) is 2.76. The highest BCUT2D eigenvalue weighted by Gasteiger charge is 2.39. The summed E-state index contributed by atoms with van der Waals surface area (Å²) in [6.45, 7) is 12.0. The van der Waals surface area contributed by atoms with Gasteiger partial charge in [0.2, 0.25) is 0 Å². The van der Waals surface area contributed by atoms with Crippen LogP contribution in [0.1, 0.15) is 150 Å². The zero-order chi connectivity index (χ0) is 25.8. The number of unbranched alkanes of at least 4 members (excludes halogenated alkanes) is 15. The van der Waals surface area contributed by atoms with E-state index in [1.54, 1.807) is 0 Å².